The second-order valence-corrected chi connectivity index (χ2v) is 7.01. The molecule has 0 amide bonds. The van der Waals surface area contributed by atoms with Crippen LogP contribution in [0.25, 0.3) is 27.6 Å². The standard InChI is InChI=1S/C23H19N5O/c24-16-11-8-15(9-12-16)10-13-19-20-21(27-26-19)18-7-4-14-25-22(18)28(23(20)29)17-5-2-1-3-6-17/h1-9,11-12,14H,10,13,24H2,(H,26,27). The number of rotatable bonds is 4. The molecule has 0 saturated heterocycles. The summed E-state index contributed by atoms with van der Waals surface area (Å²) >= 11 is 0. The number of pyridine rings is 2. The number of fused-ring (bicyclic) bond motifs is 3. The molecule has 0 atom stereocenters. The molecule has 5 aromatic rings. The van der Waals surface area contributed by atoms with Crippen molar-refractivity contribution in [2.24, 2.45) is 0 Å². The summed E-state index contributed by atoms with van der Waals surface area (Å²) in [5.41, 5.74) is 10.4. The molecule has 29 heavy (non-hydrogen) atoms. The SMILES string of the molecule is Nc1ccc(CCc2n[nH]c3c2c(=O)n(-c2ccccc2)c2ncccc32)cc1. The van der Waals surface area contributed by atoms with Gasteiger partial charge >= 0.3 is 0 Å². The van der Waals surface area contributed by atoms with E-state index >= 15 is 0 Å². The summed E-state index contributed by atoms with van der Waals surface area (Å²) in [5, 5.41) is 9.04. The second-order valence-electron chi connectivity index (χ2n) is 7.01. The molecule has 0 bridgehead atoms. The van der Waals surface area contributed by atoms with Gasteiger partial charge < -0.3 is 5.73 Å². The fourth-order valence-corrected chi connectivity index (χ4v) is 3.73. The van der Waals surface area contributed by atoms with E-state index in [2.05, 4.69) is 15.2 Å². The number of nitrogens with one attached hydrogen (secondary N) is 1. The molecule has 2 aromatic carbocycles. The number of aromatic nitrogens is 4. The molecule has 0 aliphatic heterocycles. The Bertz CT molecular complexity index is 1370. The van der Waals surface area contributed by atoms with E-state index in [0.29, 0.717) is 17.5 Å². The fourth-order valence-electron chi connectivity index (χ4n) is 3.73. The number of nitrogens with zero attached hydrogens (tertiary/aromatic N) is 3. The van der Waals surface area contributed by atoms with Crippen LogP contribution in [-0.2, 0) is 12.8 Å². The van der Waals surface area contributed by atoms with Gasteiger partial charge in [-0.25, -0.2) is 4.98 Å². The minimum absolute atomic E-state index is 0.113. The highest BCUT2D eigenvalue weighted by molar-refractivity contribution is 6.03. The molecule has 6 nitrogen and oxygen atoms in total. The van der Waals surface area contributed by atoms with Crippen LogP contribution in [0.5, 0.6) is 0 Å². The first-order valence-corrected chi connectivity index (χ1v) is 9.49. The van der Waals surface area contributed by atoms with Gasteiger partial charge in [0.15, 0.2) is 0 Å². The van der Waals surface area contributed by atoms with Crippen molar-refractivity contribution in [1.29, 1.82) is 0 Å². The molecule has 0 spiro atoms. The van der Waals surface area contributed by atoms with Crippen LogP contribution in [0.4, 0.5) is 5.69 Å². The lowest BCUT2D eigenvalue weighted by Gasteiger charge is -2.10. The fraction of sp³-hybridized carbons (Fsp3) is 0.0870. The highest BCUT2D eigenvalue weighted by Gasteiger charge is 2.18. The Morgan fingerprint density at radius 3 is 2.52 bits per heavy atom. The largest absolute Gasteiger partial charge is 0.399 e. The zero-order valence-corrected chi connectivity index (χ0v) is 15.7. The van der Waals surface area contributed by atoms with E-state index in [1.165, 1.54) is 0 Å². The van der Waals surface area contributed by atoms with Crippen molar-refractivity contribution >= 4 is 27.6 Å². The molecule has 5 rings (SSSR count). The van der Waals surface area contributed by atoms with Crippen LogP contribution in [0.2, 0.25) is 0 Å². The Morgan fingerprint density at radius 1 is 0.931 bits per heavy atom. The van der Waals surface area contributed by atoms with Crippen molar-refractivity contribution in [3.8, 4) is 5.69 Å². The lowest BCUT2D eigenvalue weighted by atomic mass is 10.1. The van der Waals surface area contributed by atoms with Crippen molar-refractivity contribution in [3.05, 3.63) is 94.5 Å². The summed E-state index contributed by atoms with van der Waals surface area (Å²) in [6.07, 6.45) is 3.13. The van der Waals surface area contributed by atoms with E-state index in [1.807, 2.05) is 66.7 Å². The number of anilines is 1. The third kappa shape index (κ3) is 2.95. The van der Waals surface area contributed by atoms with E-state index in [4.69, 9.17) is 5.73 Å². The molecule has 3 aromatic heterocycles. The van der Waals surface area contributed by atoms with E-state index < -0.39 is 0 Å². The van der Waals surface area contributed by atoms with Crippen molar-refractivity contribution in [2.75, 3.05) is 5.73 Å². The van der Waals surface area contributed by atoms with Crippen LogP contribution in [-0.4, -0.2) is 19.7 Å². The number of H-pyrrole nitrogens is 1. The first kappa shape index (κ1) is 17.2. The molecule has 0 saturated carbocycles. The second kappa shape index (κ2) is 6.91. The summed E-state index contributed by atoms with van der Waals surface area (Å²) in [5.74, 6) is 0. The predicted molar refractivity (Wildman–Crippen MR) is 115 cm³/mol. The normalized spacial score (nSPS) is 11.3. The van der Waals surface area contributed by atoms with Gasteiger partial charge in [0.05, 0.1) is 22.3 Å². The highest BCUT2D eigenvalue weighted by atomic mass is 16.1. The molecule has 6 heteroatoms. The van der Waals surface area contributed by atoms with Gasteiger partial charge in [-0.2, -0.15) is 5.10 Å². The first-order chi connectivity index (χ1) is 14.2. The van der Waals surface area contributed by atoms with Gasteiger partial charge in [0.1, 0.15) is 5.65 Å². The van der Waals surface area contributed by atoms with Crippen LogP contribution in [0.15, 0.2) is 77.7 Å². The topological polar surface area (TPSA) is 89.6 Å². The molecular weight excluding hydrogens is 362 g/mol. The maximum atomic E-state index is 13.5. The number of nitrogens with two attached hydrogens (primary N) is 1. The van der Waals surface area contributed by atoms with Gasteiger partial charge in [-0.05, 0) is 54.8 Å². The average Bonchev–Trinajstić information content (AvgIpc) is 3.19. The zero-order chi connectivity index (χ0) is 19.8. The summed E-state index contributed by atoms with van der Waals surface area (Å²) in [6.45, 7) is 0. The minimum Gasteiger partial charge on any atom is -0.399 e. The third-order valence-corrected chi connectivity index (χ3v) is 5.17. The zero-order valence-electron chi connectivity index (χ0n) is 15.7. The van der Waals surface area contributed by atoms with Gasteiger partial charge in [0.2, 0.25) is 0 Å². The summed E-state index contributed by atoms with van der Waals surface area (Å²) in [6, 6.07) is 21.2. The summed E-state index contributed by atoms with van der Waals surface area (Å²) in [4.78, 5) is 18.0. The molecule has 3 N–H and O–H groups in total. The van der Waals surface area contributed by atoms with Gasteiger partial charge in [0, 0.05) is 17.3 Å². The minimum atomic E-state index is -0.113. The van der Waals surface area contributed by atoms with Gasteiger partial charge in [-0.1, -0.05) is 30.3 Å². The number of benzene rings is 2. The Morgan fingerprint density at radius 2 is 1.72 bits per heavy atom. The van der Waals surface area contributed by atoms with E-state index in [1.54, 1.807) is 10.8 Å². The monoisotopic (exact) mass is 381 g/mol. The molecule has 0 unspecified atom stereocenters. The van der Waals surface area contributed by atoms with E-state index in [9.17, 15) is 4.79 Å². The van der Waals surface area contributed by atoms with Crippen molar-refractivity contribution < 1.29 is 0 Å². The molecule has 0 aliphatic carbocycles. The molecule has 0 fully saturated rings. The molecule has 142 valence electrons. The highest BCUT2D eigenvalue weighted by Crippen LogP contribution is 2.24. The lowest BCUT2D eigenvalue weighted by Crippen LogP contribution is -2.20. The van der Waals surface area contributed by atoms with Crippen molar-refractivity contribution in [2.45, 2.75) is 12.8 Å². The number of aryl methyl sites for hydroxylation is 2. The van der Waals surface area contributed by atoms with Crippen LogP contribution in [0, 0.1) is 0 Å². The molecule has 3 heterocycles. The predicted octanol–water partition coefficient (Wildman–Crippen LogP) is 3.63. The van der Waals surface area contributed by atoms with Crippen LogP contribution >= 0.6 is 0 Å². The number of aromatic amines is 1. The maximum absolute atomic E-state index is 13.5. The molecular formula is C23H19N5O. The van der Waals surface area contributed by atoms with Crippen LogP contribution < -0.4 is 11.3 Å². The number of para-hydroxylation sites is 1. The Balaban J connectivity index is 1.69. The molecule has 0 aliphatic rings. The van der Waals surface area contributed by atoms with Gasteiger partial charge in [-0.15, -0.1) is 0 Å². The summed E-state index contributed by atoms with van der Waals surface area (Å²) < 4.78 is 1.67. The average molecular weight is 381 g/mol. The molecule has 0 radical (unpaired) electrons. The maximum Gasteiger partial charge on any atom is 0.268 e. The Labute approximate surface area is 166 Å². The lowest BCUT2D eigenvalue weighted by molar-refractivity contribution is 0.899. The van der Waals surface area contributed by atoms with Gasteiger partial charge in [0.25, 0.3) is 5.56 Å². The Kier molecular flexibility index (Phi) is 4.09. The van der Waals surface area contributed by atoms with Crippen molar-refractivity contribution in [3.63, 3.8) is 0 Å². The van der Waals surface area contributed by atoms with Gasteiger partial charge in [-0.3, -0.25) is 14.5 Å². The number of hydrogen-bond acceptors (Lipinski definition) is 4. The van der Waals surface area contributed by atoms with E-state index in [-0.39, 0.29) is 5.56 Å². The van der Waals surface area contributed by atoms with Crippen LogP contribution in [0.3, 0.4) is 0 Å². The number of hydrogen-bond donors (Lipinski definition) is 2. The third-order valence-electron chi connectivity index (χ3n) is 5.17. The van der Waals surface area contributed by atoms with Crippen molar-refractivity contribution in [1.82, 2.24) is 19.7 Å². The van der Waals surface area contributed by atoms with Crippen LogP contribution in [0.1, 0.15) is 11.3 Å². The quantitative estimate of drug-likeness (QED) is 0.465. The Hall–Kier alpha value is -3.93. The number of nitrogen functional groups attached to an aromatic ring is 1. The smallest absolute Gasteiger partial charge is 0.268 e. The van der Waals surface area contributed by atoms with E-state index in [0.717, 1.165) is 40.0 Å². The first-order valence-electron chi connectivity index (χ1n) is 9.49. The summed E-state index contributed by atoms with van der Waals surface area (Å²) in [7, 11) is 0.